The molecule has 0 atom stereocenters. The van der Waals surface area contributed by atoms with Crippen molar-refractivity contribution >= 4 is 17.7 Å². The van der Waals surface area contributed by atoms with Crippen LogP contribution in [0.4, 0.5) is 0 Å². The van der Waals surface area contributed by atoms with Crippen molar-refractivity contribution < 1.29 is 19.4 Å². The summed E-state index contributed by atoms with van der Waals surface area (Å²) >= 11 is 1.60. The van der Waals surface area contributed by atoms with E-state index in [1.165, 1.54) is 6.07 Å². The first-order valence-corrected chi connectivity index (χ1v) is 7.54. The minimum atomic E-state index is -0.969. The van der Waals surface area contributed by atoms with Crippen LogP contribution in [-0.2, 0) is 6.61 Å². The lowest BCUT2D eigenvalue weighted by molar-refractivity contribution is 0.0696. The largest absolute Gasteiger partial charge is 0.496 e. The normalized spacial score (nSPS) is 10.2. The molecule has 0 unspecified atom stereocenters. The Morgan fingerprint density at radius 2 is 1.95 bits per heavy atom. The number of thioether (sulfide) groups is 1. The molecule has 0 aromatic heterocycles. The van der Waals surface area contributed by atoms with Crippen molar-refractivity contribution in [1.29, 1.82) is 0 Å². The number of aromatic carboxylic acids is 1. The maximum atomic E-state index is 11.0. The van der Waals surface area contributed by atoms with Gasteiger partial charge in [0.1, 0.15) is 18.1 Å². The molecule has 0 spiro atoms. The van der Waals surface area contributed by atoms with Gasteiger partial charge in [-0.2, -0.15) is 0 Å². The molecular weight excluding hydrogens is 288 g/mol. The van der Waals surface area contributed by atoms with E-state index < -0.39 is 5.97 Å². The summed E-state index contributed by atoms with van der Waals surface area (Å²) in [5, 5.41) is 9.06. The number of hydrogen-bond donors (Lipinski definition) is 1. The first-order chi connectivity index (χ1) is 10.2. The van der Waals surface area contributed by atoms with E-state index in [9.17, 15) is 4.79 Å². The molecule has 2 rings (SSSR count). The number of hydrogen-bond acceptors (Lipinski definition) is 4. The van der Waals surface area contributed by atoms with Crippen LogP contribution in [0.1, 0.15) is 15.9 Å². The number of carboxylic acids is 1. The molecule has 110 valence electrons. The van der Waals surface area contributed by atoms with Crippen molar-refractivity contribution in [1.82, 2.24) is 0 Å². The van der Waals surface area contributed by atoms with Gasteiger partial charge in [-0.1, -0.05) is 12.1 Å². The summed E-state index contributed by atoms with van der Waals surface area (Å²) in [5.41, 5.74) is 0.917. The van der Waals surface area contributed by atoms with E-state index in [2.05, 4.69) is 0 Å². The molecule has 0 aliphatic rings. The van der Waals surface area contributed by atoms with Gasteiger partial charge in [0.15, 0.2) is 0 Å². The van der Waals surface area contributed by atoms with E-state index in [4.69, 9.17) is 14.6 Å². The summed E-state index contributed by atoms with van der Waals surface area (Å²) < 4.78 is 11.0. The van der Waals surface area contributed by atoms with Crippen molar-refractivity contribution in [3.05, 3.63) is 53.6 Å². The van der Waals surface area contributed by atoms with Crippen LogP contribution in [0.2, 0.25) is 0 Å². The number of rotatable bonds is 6. The van der Waals surface area contributed by atoms with Crippen molar-refractivity contribution in [2.45, 2.75) is 11.5 Å². The summed E-state index contributed by atoms with van der Waals surface area (Å²) in [7, 11) is 1.55. The third-order valence-electron chi connectivity index (χ3n) is 2.98. The molecule has 0 radical (unpaired) electrons. The molecule has 0 fully saturated rings. The Morgan fingerprint density at radius 1 is 1.19 bits per heavy atom. The van der Waals surface area contributed by atoms with Gasteiger partial charge in [0.25, 0.3) is 0 Å². The van der Waals surface area contributed by atoms with Crippen molar-refractivity contribution in [3.63, 3.8) is 0 Å². The van der Waals surface area contributed by atoms with Crippen molar-refractivity contribution in [2.75, 3.05) is 13.4 Å². The van der Waals surface area contributed by atoms with Gasteiger partial charge in [-0.15, -0.1) is 11.8 Å². The Hall–Kier alpha value is -2.14. The molecule has 0 aliphatic carbocycles. The van der Waals surface area contributed by atoms with Gasteiger partial charge in [0.2, 0.25) is 0 Å². The summed E-state index contributed by atoms with van der Waals surface area (Å²) in [5.74, 6) is 0.415. The zero-order valence-corrected chi connectivity index (χ0v) is 12.6. The molecule has 4 nitrogen and oxygen atoms in total. The summed E-state index contributed by atoms with van der Waals surface area (Å²) in [6.45, 7) is 0.252. The Balaban J connectivity index is 2.22. The monoisotopic (exact) mass is 304 g/mol. The third-order valence-corrected chi connectivity index (χ3v) is 3.76. The summed E-state index contributed by atoms with van der Waals surface area (Å²) in [6.07, 6.45) is 1.98. The van der Waals surface area contributed by atoms with Crippen LogP contribution in [0.15, 0.2) is 47.4 Å². The smallest absolute Gasteiger partial charge is 0.335 e. The van der Waals surface area contributed by atoms with E-state index in [1.54, 1.807) is 31.0 Å². The van der Waals surface area contributed by atoms with E-state index in [0.717, 1.165) is 10.6 Å². The van der Waals surface area contributed by atoms with E-state index in [0.29, 0.717) is 11.3 Å². The molecule has 0 aliphatic heterocycles. The fraction of sp³-hybridized carbons (Fsp3) is 0.188. The number of benzene rings is 2. The van der Waals surface area contributed by atoms with Gasteiger partial charge in [0.05, 0.1) is 12.7 Å². The Morgan fingerprint density at radius 3 is 2.62 bits per heavy atom. The fourth-order valence-corrected chi connectivity index (χ4v) is 2.46. The van der Waals surface area contributed by atoms with Gasteiger partial charge >= 0.3 is 5.97 Å². The number of methoxy groups -OCH3 is 1. The van der Waals surface area contributed by atoms with Crippen LogP contribution in [0, 0.1) is 0 Å². The summed E-state index contributed by atoms with van der Waals surface area (Å²) in [4.78, 5) is 12.1. The molecule has 0 saturated heterocycles. The molecule has 0 saturated carbocycles. The maximum Gasteiger partial charge on any atom is 0.335 e. The Kier molecular flexibility index (Phi) is 5.11. The number of carboxylic acid groups (broad SMARTS) is 1. The van der Waals surface area contributed by atoms with Crippen LogP contribution < -0.4 is 9.47 Å². The molecule has 2 aromatic carbocycles. The van der Waals surface area contributed by atoms with Crippen LogP contribution in [0.5, 0.6) is 11.5 Å². The zero-order valence-electron chi connectivity index (χ0n) is 11.8. The number of para-hydroxylation sites is 1. The van der Waals surface area contributed by atoms with Crippen LogP contribution in [-0.4, -0.2) is 24.4 Å². The highest BCUT2D eigenvalue weighted by atomic mass is 32.2. The van der Waals surface area contributed by atoms with E-state index in [1.807, 2.05) is 30.5 Å². The fourth-order valence-electron chi connectivity index (χ4n) is 1.92. The zero-order chi connectivity index (χ0) is 15.2. The standard InChI is InChI=1S/C16H16O4S/c1-19-13-8-7-11(16(17)18)9-12(13)10-20-14-5-3-4-6-15(14)21-2/h3-9H,10H2,1-2H3,(H,17,18). The lowest BCUT2D eigenvalue weighted by Crippen LogP contribution is -2.03. The molecule has 0 bridgehead atoms. The van der Waals surface area contributed by atoms with Gasteiger partial charge in [0, 0.05) is 10.5 Å². The van der Waals surface area contributed by atoms with Crippen molar-refractivity contribution in [3.8, 4) is 11.5 Å². The SMILES string of the molecule is COc1ccc(C(=O)O)cc1COc1ccccc1SC. The van der Waals surface area contributed by atoms with Crippen LogP contribution >= 0.6 is 11.8 Å². The van der Waals surface area contributed by atoms with Gasteiger partial charge in [-0.25, -0.2) is 4.79 Å². The molecule has 5 heteroatoms. The second-order valence-corrected chi connectivity index (χ2v) is 5.12. The molecule has 0 amide bonds. The maximum absolute atomic E-state index is 11.0. The average Bonchev–Trinajstić information content (AvgIpc) is 2.52. The summed E-state index contributed by atoms with van der Waals surface area (Å²) in [6, 6.07) is 12.4. The highest BCUT2D eigenvalue weighted by Crippen LogP contribution is 2.29. The predicted octanol–water partition coefficient (Wildman–Crippen LogP) is 3.69. The first-order valence-electron chi connectivity index (χ1n) is 6.31. The van der Waals surface area contributed by atoms with Gasteiger partial charge < -0.3 is 14.6 Å². The van der Waals surface area contributed by atoms with E-state index in [-0.39, 0.29) is 12.2 Å². The van der Waals surface area contributed by atoms with Crippen LogP contribution in [0.3, 0.4) is 0 Å². The molecule has 0 heterocycles. The van der Waals surface area contributed by atoms with Gasteiger partial charge in [-0.05, 0) is 36.6 Å². The minimum absolute atomic E-state index is 0.215. The molecule has 1 N–H and O–H groups in total. The second kappa shape index (κ2) is 7.04. The second-order valence-electron chi connectivity index (χ2n) is 4.27. The van der Waals surface area contributed by atoms with E-state index >= 15 is 0 Å². The topological polar surface area (TPSA) is 55.8 Å². The van der Waals surface area contributed by atoms with Gasteiger partial charge in [-0.3, -0.25) is 0 Å². The van der Waals surface area contributed by atoms with Crippen LogP contribution in [0.25, 0.3) is 0 Å². The Labute approximate surface area is 127 Å². The quantitative estimate of drug-likeness (QED) is 0.825. The molecule has 21 heavy (non-hydrogen) atoms. The highest BCUT2D eigenvalue weighted by Gasteiger charge is 2.10. The minimum Gasteiger partial charge on any atom is -0.496 e. The molecule has 2 aromatic rings. The lowest BCUT2D eigenvalue weighted by atomic mass is 10.1. The first kappa shape index (κ1) is 15.3. The number of carbonyl (C=O) groups is 1. The lowest BCUT2D eigenvalue weighted by Gasteiger charge is -2.13. The predicted molar refractivity (Wildman–Crippen MR) is 82.5 cm³/mol. The Bertz CT molecular complexity index is 640. The average molecular weight is 304 g/mol. The highest BCUT2D eigenvalue weighted by molar-refractivity contribution is 7.98. The molecular formula is C16H16O4S. The number of ether oxygens (including phenoxy) is 2. The third kappa shape index (κ3) is 3.70. The van der Waals surface area contributed by atoms with Crippen molar-refractivity contribution in [2.24, 2.45) is 0 Å².